The predicted molar refractivity (Wildman–Crippen MR) is 79.4 cm³/mol. The molecule has 0 unspecified atom stereocenters. The summed E-state index contributed by atoms with van der Waals surface area (Å²) in [4.78, 5) is 22.0. The van der Waals surface area contributed by atoms with Crippen molar-refractivity contribution in [1.82, 2.24) is 9.97 Å². The maximum absolute atomic E-state index is 11.2. The Hall–Kier alpha value is -1.95. The minimum Gasteiger partial charge on any atom is -0.477 e. The molecule has 0 bridgehead atoms. The van der Waals surface area contributed by atoms with Crippen LogP contribution in [0.1, 0.15) is 34.3 Å². The van der Waals surface area contributed by atoms with Crippen molar-refractivity contribution in [3.63, 3.8) is 0 Å². The third-order valence-electron chi connectivity index (χ3n) is 2.86. The predicted octanol–water partition coefficient (Wildman–Crippen LogP) is 2.83. The van der Waals surface area contributed by atoms with Crippen LogP contribution in [0.15, 0.2) is 24.5 Å². The second-order valence-corrected chi connectivity index (χ2v) is 5.52. The first kappa shape index (κ1) is 14.5. The summed E-state index contributed by atoms with van der Waals surface area (Å²) in [5.41, 5.74) is 1.80. The van der Waals surface area contributed by atoms with E-state index in [4.69, 9.17) is 0 Å². The van der Waals surface area contributed by atoms with Gasteiger partial charge in [-0.25, -0.2) is 9.78 Å². The van der Waals surface area contributed by atoms with E-state index in [-0.39, 0.29) is 0 Å². The molecule has 20 heavy (non-hydrogen) atoms. The van der Waals surface area contributed by atoms with Crippen LogP contribution < -0.4 is 4.90 Å². The van der Waals surface area contributed by atoms with Crippen LogP contribution in [0.5, 0.6) is 0 Å². The van der Waals surface area contributed by atoms with Gasteiger partial charge < -0.3 is 10.0 Å². The van der Waals surface area contributed by atoms with Crippen LogP contribution in [0.3, 0.4) is 0 Å². The van der Waals surface area contributed by atoms with Crippen molar-refractivity contribution in [2.24, 2.45) is 0 Å². The SMILES string of the molecule is CCCc1nc(N(C)Cc2ccncc2)sc1C(=O)O. The van der Waals surface area contributed by atoms with Crippen molar-refractivity contribution >= 4 is 22.4 Å². The number of pyridine rings is 1. The number of carbonyl (C=O) groups is 1. The van der Waals surface area contributed by atoms with Crippen LogP contribution in [-0.2, 0) is 13.0 Å². The number of carboxylic acids is 1. The van der Waals surface area contributed by atoms with Gasteiger partial charge in [-0.15, -0.1) is 0 Å². The zero-order valence-electron chi connectivity index (χ0n) is 11.5. The molecule has 0 atom stereocenters. The summed E-state index contributed by atoms with van der Waals surface area (Å²) in [7, 11) is 1.92. The molecule has 0 aliphatic rings. The van der Waals surface area contributed by atoms with Gasteiger partial charge in [0.25, 0.3) is 0 Å². The number of rotatable bonds is 6. The minimum absolute atomic E-state index is 0.350. The van der Waals surface area contributed by atoms with Crippen molar-refractivity contribution in [3.8, 4) is 0 Å². The molecule has 0 aliphatic carbocycles. The summed E-state index contributed by atoms with van der Waals surface area (Å²) in [5.74, 6) is -0.894. The first-order valence-corrected chi connectivity index (χ1v) is 7.26. The molecule has 2 aromatic rings. The maximum Gasteiger partial charge on any atom is 0.347 e. The Bertz CT molecular complexity index is 583. The monoisotopic (exact) mass is 291 g/mol. The molecule has 0 radical (unpaired) electrons. The average molecular weight is 291 g/mol. The van der Waals surface area contributed by atoms with Crippen LogP contribution in [0.25, 0.3) is 0 Å². The second-order valence-electron chi connectivity index (χ2n) is 4.54. The highest BCUT2D eigenvalue weighted by Crippen LogP contribution is 2.27. The van der Waals surface area contributed by atoms with Crippen LogP contribution in [0.4, 0.5) is 5.13 Å². The molecule has 1 N–H and O–H groups in total. The first-order valence-electron chi connectivity index (χ1n) is 6.44. The van der Waals surface area contributed by atoms with E-state index in [2.05, 4.69) is 9.97 Å². The molecular weight excluding hydrogens is 274 g/mol. The molecule has 5 nitrogen and oxygen atoms in total. The second kappa shape index (κ2) is 6.47. The average Bonchev–Trinajstić information content (AvgIpc) is 2.85. The molecule has 0 fully saturated rings. The van der Waals surface area contributed by atoms with Gasteiger partial charge in [-0.1, -0.05) is 24.7 Å². The van der Waals surface area contributed by atoms with E-state index in [9.17, 15) is 9.90 Å². The summed E-state index contributed by atoms with van der Waals surface area (Å²) < 4.78 is 0. The topological polar surface area (TPSA) is 66.3 Å². The van der Waals surface area contributed by atoms with Gasteiger partial charge in [0.2, 0.25) is 0 Å². The Morgan fingerprint density at radius 3 is 2.70 bits per heavy atom. The van der Waals surface area contributed by atoms with E-state index in [1.54, 1.807) is 12.4 Å². The Labute approximate surface area is 121 Å². The number of hydrogen-bond donors (Lipinski definition) is 1. The Morgan fingerprint density at radius 2 is 2.10 bits per heavy atom. The van der Waals surface area contributed by atoms with Gasteiger partial charge in [-0.2, -0.15) is 0 Å². The van der Waals surface area contributed by atoms with E-state index in [0.29, 0.717) is 23.5 Å². The Balaban J connectivity index is 2.19. The number of hydrogen-bond acceptors (Lipinski definition) is 5. The molecule has 0 aromatic carbocycles. The molecule has 2 heterocycles. The van der Waals surface area contributed by atoms with Crippen LogP contribution in [-0.4, -0.2) is 28.1 Å². The highest BCUT2D eigenvalue weighted by molar-refractivity contribution is 7.17. The molecule has 0 aliphatic heterocycles. The molecular formula is C14H17N3O2S. The van der Waals surface area contributed by atoms with Gasteiger partial charge in [-0.05, 0) is 24.1 Å². The number of carboxylic acid groups (broad SMARTS) is 1. The number of aromatic nitrogens is 2. The lowest BCUT2D eigenvalue weighted by atomic mass is 10.2. The highest BCUT2D eigenvalue weighted by atomic mass is 32.1. The number of nitrogens with zero attached hydrogens (tertiary/aromatic N) is 3. The standard InChI is InChI=1S/C14H17N3O2S/c1-3-4-11-12(13(18)19)20-14(16-11)17(2)9-10-5-7-15-8-6-10/h5-8H,3-4,9H2,1-2H3,(H,18,19). The molecule has 2 rings (SSSR count). The lowest BCUT2D eigenvalue weighted by Gasteiger charge is -2.15. The van der Waals surface area contributed by atoms with Crippen molar-refractivity contribution < 1.29 is 9.90 Å². The van der Waals surface area contributed by atoms with Crippen molar-refractivity contribution in [2.75, 3.05) is 11.9 Å². The van der Waals surface area contributed by atoms with E-state index >= 15 is 0 Å². The molecule has 0 saturated carbocycles. The summed E-state index contributed by atoms with van der Waals surface area (Å²) in [5, 5.41) is 9.96. The van der Waals surface area contributed by atoms with E-state index in [0.717, 1.165) is 17.1 Å². The third-order valence-corrected chi connectivity index (χ3v) is 4.06. The number of aryl methyl sites for hydroxylation is 1. The zero-order valence-corrected chi connectivity index (χ0v) is 12.4. The van der Waals surface area contributed by atoms with E-state index in [1.165, 1.54) is 11.3 Å². The minimum atomic E-state index is -0.894. The zero-order chi connectivity index (χ0) is 14.5. The summed E-state index contributed by atoms with van der Waals surface area (Å²) >= 11 is 1.23. The maximum atomic E-state index is 11.2. The molecule has 106 valence electrons. The number of thiazole rings is 1. The van der Waals surface area contributed by atoms with E-state index < -0.39 is 5.97 Å². The third kappa shape index (κ3) is 3.33. The van der Waals surface area contributed by atoms with Gasteiger partial charge in [-0.3, -0.25) is 4.98 Å². The van der Waals surface area contributed by atoms with Gasteiger partial charge in [0.05, 0.1) is 5.69 Å². The van der Waals surface area contributed by atoms with Crippen molar-refractivity contribution in [2.45, 2.75) is 26.3 Å². The quantitative estimate of drug-likeness (QED) is 0.886. The van der Waals surface area contributed by atoms with Gasteiger partial charge in [0.1, 0.15) is 4.88 Å². The van der Waals surface area contributed by atoms with E-state index in [1.807, 2.05) is 31.0 Å². The van der Waals surface area contributed by atoms with Gasteiger partial charge in [0, 0.05) is 26.0 Å². The molecule has 6 heteroatoms. The van der Waals surface area contributed by atoms with Crippen molar-refractivity contribution in [1.29, 1.82) is 0 Å². The normalized spacial score (nSPS) is 10.5. The fourth-order valence-corrected chi connectivity index (χ4v) is 2.82. The molecule has 0 amide bonds. The van der Waals surface area contributed by atoms with Crippen LogP contribution in [0, 0.1) is 0 Å². The van der Waals surface area contributed by atoms with Crippen LogP contribution >= 0.6 is 11.3 Å². The largest absolute Gasteiger partial charge is 0.477 e. The number of anilines is 1. The molecule has 0 spiro atoms. The lowest BCUT2D eigenvalue weighted by molar-refractivity contribution is 0.0700. The summed E-state index contributed by atoms with van der Waals surface area (Å²) in [6.07, 6.45) is 5.07. The fourth-order valence-electron chi connectivity index (χ4n) is 1.91. The lowest BCUT2D eigenvalue weighted by Crippen LogP contribution is -2.16. The molecule has 0 saturated heterocycles. The summed E-state index contributed by atoms with van der Waals surface area (Å²) in [6.45, 7) is 2.70. The van der Waals surface area contributed by atoms with Crippen LogP contribution in [0.2, 0.25) is 0 Å². The van der Waals surface area contributed by atoms with Gasteiger partial charge in [0.15, 0.2) is 5.13 Å². The Kier molecular flexibility index (Phi) is 4.68. The first-order chi connectivity index (χ1) is 9.61. The Morgan fingerprint density at radius 1 is 1.40 bits per heavy atom. The molecule has 2 aromatic heterocycles. The van der Waals surface area contributed by atoms with Gasteiger partial charge >= 0.3 is 5.97 Å². The smallest absolute Gasteiger partial charge is 0.347 e. The summed E-state index contributed by atoms with van der Waals surface area (Å²) in [6, 6.07) is 3.88. The van der Waals surface area contributed by atoms with Crippen molar-refractivity contribution in [3.05, 3.63) is 40.7 Å². The highest BCUT2D eigenvalue weighted by Gasteiger charge is 2.18. The fraction of sp³-hybridized carbons (Fsp3) is 0.357. The number of aromatic carboxylic acids is 1.